The Morgan fingerprint density at radius 2 is 1.75 bits per heavy atom. The first-order valence-corrected chi connectivity index (χ1v) is 10.3. The maximum atomic E-state index is 10.0. The van der Waals surface area contributed by atoms with Gasteiger partial charge in [0.2, 0.25) is 0 Å². The summed E-state index contributed by atoms with van der Waals surface area (Å²) in [4.78, 5) is 0. The third kappa shape index (κ3) is 6.49. The van der Waals surface area contributed by atoms with E-state index in [1.54, 1.807) is 0 Å². The van der Waals surface area contributed by atoms with Gasteiger partial charge in [0.25, 0.3) is 0 Å². The van der Waals surface area contributed by atoms with Crippen LogP contribution in [0.3, 0.4) is 0 Å². The van der Waals surface area contributed by atoms with Crippen molar-refractivity contribution in [2.24, 2.45) is 0 Å². The molecule has 0 aliphatic rings. The van der Waals surface area contributed by atoms with Gasteiger partial charge in [0.15, 0.2) is 0 Å². The van der Waals surface area contributed by atoms with Crippen LogP contribution in [-0.4, -0.2) is 19.3 Å². The summed E-state index contributed by atoms with van der Waals surface area (Å²) in [6, 6.07) is 0. The largest absolute Gasteiger partial charge is 0.389 e. The highest BCUT2D eigenvalue weighted by Crippen LogP contribution is 2.21. The number of hydrogen-bond acceptors (Lipinski definition) is 1. The third-order valence-corrected chi connectivity index (χ3v) is 5.30. The Hall–Kier alpha value is -0.0831. The fourth-order valence-electron chi connectivity index (χ4n) is 1.99. The third-order valence-electron chi connectivity index (χ3n) is 3.03. The van der Waals surface area contributed by atoms with Crippen LogP contribution in [0, 0.1) is 0 Å². The van der Waals surface area contributed by atoms with Gasteiger partial charge in [-0.15, -0.1) is 0 Å². The average Bonchev–Trinajstić information content (AvgIpc) is 2.20. The zero-order valence-corrected chi connectivity index (χ0v) is 12.8. The standard InChI is InChI=1S/C14H30OSi/c1-6-8-9-10-11-12-14(13(15)7-2)16(3,4)5/h12-13,15H,6-11H2,1-5H3/b14-12-. The molecule has 1 nitrogen and oxygen atoms in total. The van der Waals surface area contributed by atoms with Crippen LogP contribution >= 0.6 is 0 Å². The smallest absolute Gasteiger partial charge is 0.0753 e. The van der Waals surface area contributed by atoms with E-state index in [1.807, 2.05) is 0 Å². The first-order valence-electron chi connectivity index (χ1n) is 6.82. The molecule has 1 atom stereocenters. The van der Waals surface area contributed by atoms with Crippen molar-refractivity contribution in [2.75, 3.05) is 0 Å². The van der Waals surface area contributed by atoms with Crippen LogP contribution < -0.4 is 0 Å². The van der Waals surface area contributed by atoms with Crippen molar-refractivity contribution < 1.29 is 5.11 Å². The van der Waals surface area contributed by atoms with Gasteiger partial charge in [0, 0.05) is 0 Å². The maximum absolute atomic E-state index is 10.0. The summed E-state index contributed by atoms with van der Waals surface area (Å²) in [6.07, 6.45) is 9.37. The Morgan fingerprint density at radius 3 is 2.19 bits per heavy atom. The van der Waals surface area contributed by atoms with E-state index in [4.69, 9.17) is 0 Å². The lowest BCUT2D eigenvalue weighted by Crippen LogP contribution is -2.32. The predicted octanol–water partition coefficient (Wildman–Crippen LogP) is 4.53. The summed E-state index contributed by atoms with van der Waals surface area (Å²) in [5, 5.41) is 11.4. The lowest BCUT2D eigenvalue weighted by atomic mass is 10.1. The monoisotopic (exact) mass is 242 g/mol. The number of aliphatic hydroxyl groups is 1. The van der Waals surface area contributed by atoms with E-state index in [9.17, 15) is 5.11 Å². The Labute approximate surface area is 103 Å². The highest BCUT2D eigenvalue weighted by Gasteiger charge is 2.24. The van der Waals surface area contributed by atoms with E-state index in [0.29, 0.717) is 0 Å². The molecule has 1 N–H and O–H groups in total. The second-order valence-corrected chi connectivity index (χ2v) is 10.8. The fourth-order valence-corrected chi connectivity index (χ4v) is 3.95. The number of rotatable bonds is 8. The van der Waals surface area contributed by atoms with Crippen molar-refractivity contribution in [1.82, 2.24) is 0 Å². The van der Waals surface area contributed by atoms with Gasteiger partial charge in [-0.25, -0.2) is 0 Å². The van der Waals surface area contributed by atoms with Crippen molar-refractivity contribution in [2.45, 2.75) is 78.1 Å². The van der Waals surface area contributed by atoms with Gasteiger partial charge in [0.1, 0.15) is 0 Å². The zero-order valence-electron chi connectivity index (χ0n) is 11.8. The molecule has 0 heterocycles. The molecule has 0 fully saturated rings. The minimum absolute atomic E-state index is 0.196. The number of unbranched alkanes of at least 4 members (excludes halogenated alkanes) is 4. The van der Waals surface area contributed by atoms with Crippen LogP contribution in [0.4, 0.5) is 0 Å². The molecule has 0 aromatic heterocycles. The van der Waals surface area contributed by atoms with E-state index in [0.717, 1.165) is 12.8 Å². The second-order valence-electron chi connectivity index (χ2n) is 5.68. The predicted molar refractivity (Wildman–Crippen MR) is 76.5 cm³/mol. The summed E-state index contributed by atoms with van der Waals surface area (Å²) in [5.41, 5.74) is 0. The minimum atomic E-state index is -1.33. The van der Waals surface area contributed by atoms with Crippen molar-refractivity contribution in [3.05, 3.63) is 11.3 Å². The summed E-state index contributed by atoms with van der Waals surface area (Å²) >= 11 is 0. The molecular formula is C14H30OSi. The molecule has 2 heteroatoms. The molecule has 0 spiro atoms. The molecule has 0 saturated carbocycles. The van der Waals surface area contributed by atoms with Gasteiger partial charge in [-0.1, -0.05) is 64.0 Å². The minimum Gasteiger partial charge on any atom is -0.389 e. The fraction of sp³-hybridized carbons (Fsp3) is 0.857. The molecule has 96 valence electrons. The average molecular weight is 242 g/mol. The summed E-state index contributed by atoms with van der Waals surface area (Å²) in [6.45, 7) is 11.3. The van der Waals surface area contributed by atoms with Crippen LogP contribution in [0.25, 0.3) is 0 Å². The van der Waals surface area contributed by atoms with E-state index in [1.165, 1.54) is 30.9 Å². The Balaban J connectivity index is 4.24. The Bertz CT molecular complexity index is 203. The first-order chi connectivity index (χ1) is 7.43. The van der Waals surface area contributed by atoms with Crippen molar-refractivity contribution >= 4 is 8.07 Å². The molecule has 0 rings (SSSR count). The molecule has 16 heavy (non-hydrogen) atoms. The molecule has 0 aliphatic heterocycles. The van der Waals surface area contributed by atoms with Crippen LogP contribution in [0.2, 0.25) is 19.6 Å². The van der Waals surface area contributed by atoms with Crippen molar-refractivity contribution in [3.63, 3.8) is 0 Å². The van der Waals surface area contributed by atoms with Gasteiger partial charge in [-0.2, -0.15) is 0 Å². The SMILES string of the molecule is CCCCCC/C=C(/C(O)CC)[Si](C)(C)C. The van der Waals surface area contributed by atoms with E-state index < -0.39 is 8.07 Å². The molecule has 1 unspecified atom stereocenters. The highest BCUT2D eigenvalue weighted by molar-refractivity contribution is 6.83. The van der Waals surface area contributed by atoms with Gasteiger partial charge in [0.05, 0.1) is 14.2 Å². The van der Waals surface area contributed by atoms with Crippen molar-refractivity contribution in [1.29, 1.82) is 0 Å². The van der Waals surface area contributed by atoms with Crippen LogP contribution in [-0.2, 0) is 0 Å². The van der Waals surface area contributed by atoms with E-state index >= 15 is 0 Å². The van der Waals surface area contributed by atoms with Gasteiger partial charge in [-0.05, 0) is 19.3 Å². The Kier molecular flexibility index (Phi) is 8.03. The topological polar surface area (TPSA) is 20.2 Å². The number of hydrogen-bond donors (Lipinski definition) is 1. The first kappa shape index (κ1) is 15.9. The highest BCUT2D eigenvalue weighted by atomic mass is 28.3. The van der Waals surface area contributed by atoms with E-state index in [-0.39, 0.29) is 6.10 Å². The molecule has 0 aromatic carbocycles. The number of aliphatic hydroxyl groups excluding tert-OH is 1. The number of allylic oxidation sites excluding steroid dienone is 1. The summed E-state index contributed by atoms with van der Waals surface area (Å²) in [7, 11) is -1.33. The lowest BCUT2D eigenvalue weighted by Gasteiger charge is -2.25. The van der Waals surface area contributed by atoms with Gasteiger partial charge >= 0.3 is 0 Å². The van der Waals surface area contributed by atoms with Crippen LogP contribution in [0.15, 0.2) is 11.3 Å². The van der Waals surface area contributed by atoms with E-state index in [2.05, 4.69) is 39.6 Å². The lowest BCUT2D eigenvalue weighted by molar-refractivity contribution is 0.212. The quantitative estimate of drug-likeness (QED) is 0.490. The van der Waals surface area contributed by atoms with Gasteiger partial charge in [-0.3, -0.25) is 0 Å². The molecule has 0 saturated heterocycles. The molecule has 0 bridgehead atoms. The summed E-state index contributed by atoms with van der Waals surface area (Å²) < 4.78 is 0. The Morgan fingerprint density at radius 1 is 1.12 bits per heavy atom. The maximum Gasteiger partial charge on any atom is 0.0753 e. The molecule has 0 radical (unpaired) electrons. The molecule has 0 amide bonds. The van der Waals surface area contributed by atoms with Crippen LogP contribution in [0.1, 0.15) is 52.4 Å². The molecular weight excluding hydrogens is 212 g/mol. The van der Waals surface area contributed by atoms with Crippen LogP contribution in [0.5, 0.6) is 0 Å². The molecule has 0 aromatic rings. The second kappa shape index (κ2) is 8.07. The normalized spacial score (nSPS) is 15.2. The zero-order chi connectivity index (χ0) is 12.6. The summed E-state index contributed by atoms with van der Waals surface area (Å²) in [5.74, 6) is 0. The van der Waals surface area contributed by atoms with Crippen molar-refractivity contribution in [3.8, 4) is 0 Å². The van der Waals surface area contributed by atoms with Gasteiger partial charge < -0.3 is 5.11 Å². The molecule has 0 aliphatic carbocycles.